The van der Waals surface area contributed by atoms with Gasteiger partial charge in [0.2, 0.25) is 5.91 Å². The molecule has 2 rings (SSSR count). The van der Waals surface area contributed by atoms with Crippen molar-refractivity contribution in [1.82, 2.24) is 5.32 Å². The number of hydrogen-bond donors (Lipinski definition) is 2. The van der Waals surface area contributed by atoms with Crippen LogP contribution in [0.25, 0.3) is 0 Å². The summed E-state index contributed by atoms with van der Waals surface area (Å²) in [6.45, 7) is 0.142. The number of hydrogen-bond acceptors (Lipinski definition) is 2. The van der Waals surface area contributed by atoms with E-state index in [1.54, 1.807) is 12.1 Å². The van der Waals surface area contributed by atoms with Crippen molar-refractivity contribution in [2.24, 2.45) is 5.92 Å². The van der Waals surface area contributed by atoms with Gasteiger partial charge < -0.3 is 10.4 Å². The molecule has 1 aromatic rings. The third-order valence-electron chi connectivity index (χ3n) is 4.04. The number of rotatable bonds is 5. The fourth-order valence-electron chi connectivity index (χ4n) is 2.80. The van der Waals surface area contributed by atoms with E-state index in [-0.39, 0.29) is 30.3 Å². The Bertz CT molecular complexity index is 433. The summed E-state index contributed by atoms with van der Waals surface area (Å²) in [7, 11) is 0. The molecular weight excluding hydrogens is 257 g/mol. The molecule has 110 valence electrons. The van der Waals surface area contributed by atoms with E-state index in [1.165, 1.54) is 12.1 Å². The number of carbonyl (C=O) groups is 1. The minimum atomic E-state index is -0.258. The first-order valence-electron chi connectivity index (χ1n) is 7.33. The van der Waals surface area contributed by atoms with Crippen LogP contribution < -0.4 is 5.32 Å². The molecule has 0 aromatic heterocycles. The summed E-state index contributed by atoms with van der Waals surface area (Å²) in [4.78, 5) is 11.9. The second kappa shape index (κ2) is 7.39. The Balaban J connectivity index is 1.78. The Morgan fingerprint density at radius 2 is 1.95 bits per heavy atom. The van der Waals surface area contributed by atoms with Gasteiger partial charge in [-0.1, -0.05) is 25.0 Å². The minimum Gasteiger partial charge on any atom is -0.396 e. The molecule has 1 fully saturated rings. The lowest BCUT2D eigenvalue weighted by Gasteiger charge is -2.30. The van der Waals surface area contributed by atoms with Gasteiger partial charge in [0, 0.05) is 25.0 Å². The van der Waals surface area contributed by atoms with Crippen molar-refractivity contribution < 1.29 is 14.3 Å². The van der Waals surface area contributed by atoms with Gasteiger partial charge in [0.05, 0.1) is 0 Å². The van der Waals surface area contributed by atoms with Crippen LogP contribution in [-0.2, 0) is 11.2 Å². The van der Waals surface area contributed by atoms with E-state index < -0.39 is 0 Å². The fraction of sp³-hybridized carbons (Fsp3) is 0.562. The molecule has 1 amide bonds. The topological polar surface area (TPSA) is 49.3 Å². The Morgan fingerprint density at radius 3 is 2.65 bits per heavy atom. The molecule has 2 N–H and O–H groups in total. The average molecular weight is 279 g/mol. The third kappa shape index (κ3) is 4.30. The molecule has 4 heteroatoms. The lowest BCUT2D eigenvalue weighted by molar-refractivity contribution is -0.122. The van der Waals surface area contributed by atoms with E-state index in [0.717, 1.165) is 31.2 Å². The van der Waals surface area contributed by atoms with Crippen molar-refractivity contribution in [2.45, 2.75) is 44.6 Å². The third-order valence-corrected chi connectivity index (χ3v) is 4.04. The number of nitrogens with one attached hydrogen (secondary N) is 1. The maximum atomic E-state index is 12.8. The zero-order chi connectivity index (χ0) is 14.4. The normalized spacial score (nSPS) is 22.5. The molecule has 1 aromatic carbocycles. The smallest absolute Gasteiger partial charge is 0.220 e. The van der Waals surface area contributed by atoms with E-state index in [4.69, 9.17) is 0 Å². The number of aliphatic hydroxyl groups is 1. The molecule has 1 aliphatic carbocycles. The molecular formula is C16H22FNO2. The number of aryl methyl sites for hydroxylation is 1. The highest BCUT2D eigenvalue weighted by Gasteiger charge is 2.25. The molecule has 20 heavy (non-hydrogen) atoms. The second-order valence-corrected chi connectivity index (χ2v) is 5.53. The number of amides is 1. The summed E-state index contributed by atoms with van der Waals surface area (Å²) in [5.74, 6) is -0.0515. The summed E-state index contributed by atoms with van der Waals surface area (Å²) in [6.07, 6.45) is 5.20. The van der Waals surface area contributed by atoms with Crippen LogP contribution in [0.1, 0.15) is 37.7 Å². The molecule has 0 spiro atoms. The van der Waals surface area contributed by atoms with Crippen molar-refractivity contribution in [3.8, 4) is 0 Å². The van der Waals surface area contributed by atoms with Crippen LogP contribution in [0.3, 0.4) is 0 Å². The first-order chi connectivity index (χ1) is 9.69. The van der Waals surface area contributed by atoms with Crippen LogP contribution in [0, 0.1) is 11.7 Å². The Hall–Kier alpha value is -1.42. The highest BCUT2D eigenvalue weighted by atomic mass is 19.1. The number of halogens is 1. The minimum absolute atomic E-state index is 0.0136. The maximum absolute atomic E-state index is 12.8. The maximum Gasteiger partial charge on any atom is 0.220 e. The van der Waals surface area contributed by atoms with Gasteiger partial charge in [0.15, 0.2) is 0 Å². The first-order valence-corrected chi connectivity index (χ1v) is 7.33. The van der Waals surface area contributed by atoms with Crippen LogP contribution in [-0.4, -0.2) is 23.7 Å². The van der Waals surface area contributed by atoms with Gasteiger partial charge in [0.1, 0.15) is 5.82 Å². The average Bonchev–Trinajstić information content (AvgIpc) is 2.47. The zero-order valence-corrected chi connectivity index (χ0v) is 11.6. The Labute approximate surface area is 119 Å². The summed E-state index contributed by atoms with van der Waals surface area (Å²) in [5.41, 5.74) is 0.962. The molecule has 0 heterocycles. The molecule has 0 aliphatic heterocycles. The quantitative estimate of drug-likeness (QED) is 0.869. The standard InChI is InChI=1S/C16H22FNO2/c17-14-8-5-12(6-9-14)7-10-16(20)18-15-4-2-1-3-13(15)11-19/h5-6,8-9,13,15,19H,1-4,7,10-11H2,(H,18,20). The van der Waals surface area contributed by atoms with E-state index in [1.807, 2.05) is 0 Å². The molecule has 3 nitrogen and oxygen atoms in total. The predicted octanol–water partition coefficient (Wildman–Crippen LogP) is 2.43. The van der Waals surface area contributed by atoms with Gasteiger partial charge in [-0.2, -0.15) is 0 Å². The number of carbonyl (C=O) groups excluding carboxylic acids is 1. The zero-order valence-electron chi connectivity index (χ0n) is 11.6. The van der Waals surface area contributed by atoms with Gasteiger partial charge >= 0.3 is 0 Å². The van der Waals surface area contributed by atoms with Crippen molar-refractivity contribution in [3.63, 3.8) is 0 Å². The SMILES string of the molecule is O=C(CCc1ccc(F)cc1)NC1CCCCC1CO. The summed E-state index contributed by atoms with van der Waals surface area (Å²) < 4.78 is 12.8. The van der Waals surface area contributed by atoms with Crippen molar-refractivity contribution in [3.05, 3.63) is 35.6 Å². The van der Waals surface area contributed by atoms with Crippen molar-refractivity contribution >= 4 is 5.91 Å². The molecule has 1 saturated carbocycles. The van der Waals surface area contributed by atoms with Crippen LogP contribution >= 0.6 is 0 Å². The van der Waals surface area contributed by atoms with E-state index in [0.29, 0.717) is 12.8 Å². The molecule has 2 atom stereocenters. The molecule has 0 radical (unpaired) electrons. The predicted molar refractivity (Wildman–Crippen MR) is 75.7 cm³/mol. The molecule has 2 unspecified atom stereocenters. The first kappa shape index (κ1) is 15.0. The van der Waals surface area contributed by atoms with Gasteiger partial charge in [-0.3, -0.25) is 4.79 Å². The molecule has 1 aliphatic rings. The Morgan fingerprint density at radius 1 is 1.25 bits per heavy atom. The van der Waals surface area contributed by atoms with Crippen LogP contribution in [0.2, 0.25) is 0 Å². The summed E-state index contributed by atoms with van der Waals surface area (Å²) in [5, 5.41) is 12.3. The molecule has 0 saturated heterocycles. The van der Waals surface area contributed by atoms with Gasteiger partial charge in [-0.25, -0.2) is 4.39 Å². The van der Waals surface area contributed by atoms with Gasteiger partial charge in [-0.15, -0.1) is 0 Å². The molecule has 0 bridgehead atoms. The van der Waals surface area contributed by atoms with Gasteiger partial charge in [-0.05, 0) is 37.0 Å². The monoisotopic (exact) mass is 279 g/mol. The van der Waals surface area contributed by atoms with E-state index in [9.17, 15) is 14.3 Å². The highest BCUT2D eigenvalue weighted by Crippen LogP contribution is 2.24. The van der Waals surface area contributed by atoms with Crippen LogP contribution in [0.5, 0.6) is 0 Å². The summed E-state index contributed by atoms with van der Waals surface area (Å²) in [6, 6.07) is 6.35. The second-order valence-electron chi connectivity index (χ2n) is 5.53. The number of benzene rings is 1. The largest absolute Gasteiger partial charge is 0.396 e. The van der Waals surface area contributed by atoms with Crippen molar-refractivity contribution in [1.29, 1.82) is 0 Å². The Kier molecular flexibility index (Phi) is 5.53. The lowest BCUT2D eigenvalue weighted by Crippen LogP contribution is -2.43. The lowest BCUT2D eigenvalue weighted by atomic mass is 9.85. The van der Waals surface area contributed by atoms with E-state index in [2.05, 4.69) is 5.32 Å². The highest BCUT2D eigenvalue weighted by molar-refractivity contribution is 5.76. The van der Waals surface area contributed by atoms with Crippen LogP contribution in [0.15, 0.2) is 24.3 Å². The van der Waals surface area contributed by atoms with Gasteiger partial charge in [0.25, 0.3) is 0 Å². The summed E-state index contributed by atoms with van der Waals surface area (Å²) >= 11 is 0. The van der Waals surface area contributed by atoms with E-state index >= 15 is 0 Å². The van der Waals surface area contributed by atoms with Crippen LogP contribution in [0.4, 0.5) is 4.39 Å². The van der Waals surface area contributed by atoms with Crippen molar-refractivity contribution in [2.75, 3.05) is 6.61 Å². The fourth-order valence-corrected chi connectivity index (χ4v) is 2.80. The number of aliphatic hydroxyl groups excluding tert-OH is 1.